The maximum Gasteiger partial charge on any atom is 0.255 e. The highest BCUT2D eigenvalue weighted by Gasteiger charge is 2.49. The maximum absolute atomic E-state index is 12.7. The summed E-state index contributed by atoms with van der Waals surface area (Å²) in [5, 5.41) is 0. The zero-order valence-corrected chi connectivity index (χ0v) is 14.6. The van der Waals surface area contributed by atoms with Crippen molar-refractivity contribution in [3.05, 3.63) is 29.6 Å². The van der Waals surface area contributed by atoms with Crippen molar-refractivity contribution < 1.29 is 13.2 Å². The molecule has 0 aromatic carbocycles. The monoisotopic (exact) mass is 336 g/mol. The van der Waals surface area contributed by atoms with Crippen LogP contribution in [0, 0.1) is 0 Å². The number of hydrogen-bond acceptors (Lipinski definition) is 4. The highest BCUT2D eigenvalue weighted by Crippen LogP contribution is 2.44. The molecule has 1 amide bonds. The summed E-state index contributed by atoms with van der Waals surface area (Å²) < 4.78 is 24.4. The average molecular weight is 336 g/mol. The molecule has 126 valence electrons. The van der Waals surface area contributed by atoms with E-state index in [1.54, 1.807) is 17.2 Å². The number of amides is 1. The molecule has 6 heteroatoms. The summed E-state index contributed by atoms with van der Waals surface area (Å²) in [5.41, 5.74) is 1.49. The van der Waals surface area contributed by atoms with Crippen LogP contribution in [0.15, 0.2) is 18.3 Å². The Morgan fingerprint density at radius 2 is 1.96 bits per heavy atom. The first-order valence-corrected chi connectivity index (χ1v) is 9.97. The topological polar surface area (TPSA) is 67.3 Å². The first kappa shape index (κ1) is 16.4. The molecule has 3 rings (SSSR count). The van der Waals surface area contributed by atoms with E-state index in [2.05, 4.69) is 18.8 Å². The van der Waals surface area contributed by atoms with E-state index in [1.165, 1.54) is 0 Å². The van der Waals surface area contributed by atoms with Gasteiger partial charge in [-0.1, -0.05) is 20.3 Å². The second-order valence-electron chi connectivity index (χ2n) is 7.02. The molecular weight excluding hydrogens is 312 g/mol. The predicted molar refractivity (Wildman–Crippen MR) is 89.2 cm³/mol. The third kappa shape index (κ3) is 2.89. The molecule has 23 heavy (non-hydrogen) atoms. The van der Waals surface area contributed by atoms with Crippen molar-refractivity contribution in [1.29, 1.82) is 0 Å². The van der Waals surface area contributed by atoms with Gasteiger partial charge in [-0.25, -0.2) is 8.42 Å². The number of carbonyl (C=O) groups excluding carboxylic acids is 1. The van der Waals surface area contributed by atoms with E-state index in [0.29, 0.717) is 24.4 Å². The minimum atomic E-state index is -3.10. The van der Waals surface area contributed by atoms with E-state index in [1.807, 2.05) is 6.07 Å². The zero-order chi connectivity index (χ0) is 16.7. The molecule has 2 heterocycles. The number of sulfone groups is 1. The molecule has 0 atom stereocenters. The van der Waals surface area contributed by atoms with E-state index < -0.39 is 14.6 Å². The summed E-state index contributed by atoms with van der Waals surface area (Å²) >= 11 is 0. The van der Waals surface area contributed by atoms with Gasteiger partial charge in [0.05, 0.1) is 16.1 Å². The zero-order valence-electron chi connectivity index (χ0n) is 13.8. The number of rotatable bonds is 2. The molecule has 1 saturated heterocycles. The van der Waals surface area contributed by atoms with Crippen LogP contribution in [0.2, 0.25) is 0 Å². The molecule has 0 unspecified atom stereocenters. The summed E-state index contributed by atoms with van der Waals surface area (Å²) in [5.74, 6) is 0.288. The second kappa shape index (κ2) is 5.89. The van der Waals surface area contributed by atoms with Crippen molar-refractivity contribution >= 4 is 15.7 Å². The average Bonchev–Trinajstić information content (AvgIpc) is 2.62. The van der Waals surface area contributed by atoms with Crippen molar-refractivity contribution in [2.75, 3.05) is 18.8 Å². The quantitative estimate of drug-likeness (QED) is 0.831. The molecule has 2 aliphatic rings. The lowest BCUT2D eigenvalue weighted by atomic mass is 9.81. The molecule has 0 radical (unpaired) electrons. The van der Waals surface area contributed by atoms with Crippen molar-refractivity contribution in [3.8, 4) is 0 Å². The number of pyridine rings is 1. The summed E-state index contributed by atoms with van der Waals surface area (Å²) in [6.45, 7) is 4.92. The van der Waals surface area contributed by atoms with Crippen LogP contribution in [0.1, 0.15) is 61.5 Å². The fourth-order valence-corrected chi connectivity index (χ4v) is 5.65. The van der Waals surface area contributed by atoms with Crippen LogP contribution in [0.3, 0.4) is 0 Å². The first-order chi connectivity index (χ1) is 10.8. The summed E-state index contributed by atoms with van der Waals surface area (Å²) in [7, 11) is -3.10. The van der Waals surface area contributed by atoms with Gasteiger partial charge < -0.3 is 4.90 Å². The Balaban J connectivity index is 1.75. The van der Waals surface area contributed by atoms with Gasteiger partial charge in [-0.05, 0) is 37.3 Å². The van der Waals surface area contributed by atoms with Gasteiger partial charge in [0.2, 0.25) is 0 Å². The lowest BCUT2D eigenvalue weighted by molar-refractivity contribution is 0.0758. The highest BCUT2D eigenvalue weighted by atomic mass is 32.2. The maximum atomic E-state index is 12.7. The van der Waals surface area contributed by atoms with Crippen LogP contribution < -0.4 is 0 Å². The predicted octanol–water partition coefficient (Wildman–Crippen LogP) is 2.39. The van der Waals surface area contributed by atoms with Gasteiger partial charge in [0, 0.05) is 25.0 Å². The van der Waals surface area contributed by atoms with Crippen molar-refractivity contribution in [1.82, 2.24) is 9.88 Å². The SMILES string of the molecule is CC(C)c1ccc(C(=O)N2CCC3(CCC3)S(=O)(=O)CC2)cn1. The molecular formula is C17H24N2O3S. The van der Waals surface area contributed by atoms with Crippen LogP contribution in [-0.4, -0.2) is 47.8 Å². The fourth-order valence-electron chi connectivity index (χ4n) is 3.44. The van der Waals surface area contributed by atoms with Gasteiger partial charge in [-0.15, -0.1) is 0 Å². The van der Waals surface area contributed by atoms with E-state index in [-0.39, 0.29) is 18.2 Å². The Kier molecular flexibility index (Phi) is 4.21. The molecule has 0 bridgehead atoms. The van der Waals surface area contributed by atoms with Gasteiger partial charge in [-0.2, -0.15) is 0 Å². The summed E-state index contributed by atoms with van der Waals surface area (Å²) in [6.07, 6.45) is 4.66. The van der Waals surface area contributed by atoms with Gasteiger partial charge in [0.15, 0.2) is 9.84 Å². The van der Waals surface area contributed by atoms with Crippen LogP contribution in [-0.2, 0) is 9.84 Å². The smallest absolute Gasteiger partial charge is 0.255 e. The Morgan fingerprint density at radius 1 is 1.22 bits per heavy atom. The lowest BCUT2D eigenvalue weighted by Gasteiger charge is -2.39. The van der Waals surface area contributed by atoms with Crippen LogP contribution in [0.25, 0.3) is 0 Å². The van der Waals surface area contributed by atoms with Crippen LogP contribution in [0.4, 0.5) is 0 Å². The number of nitrogens with zero attached hydrogens (tertiary/aromatic N) is 2. The molecule has 1 spiro atoms. The third-order valence-electron chi connectivity index (χ3n) is 5.30. The first-order valence-electron chi connectivity index (χ1n) is 8.32. The Labute approximate surface area is 138 Å². The largest absolute Gasteiger partial charge is 0.338 e. The van der Waals surface area contributed by atoms with Crippen molar-refractivity contribution in [3.63, 3.8) is 0 Å². The normalized spacial score (nSPS) is 22.7. The van der Waals surface area contributed by atoms with Crippen LogP contribution in [0.5, 0.6) is 0 Å². The molecule has 1 aliphatic heterocycles. The molecule has 1 aromatic rings. The van der Waals surface area contributed by atoms with Crippen molar-refractivity contribution in [2.45, 2.75) is 50.2 Å². The number of carbonyl (C=O) groups is 1. The van der Waals surface area contributed by atoms with E-state index in [0.717, 1.165) is 25.0 Å². The molecule has 1 aromatic heterocycles. The molecule has 2 fully saturated rings. The van der Waals surface area contributed by atoms with E-state index in [4.69, 9.17) is 0 Å². The van der Waals surface area contributed by atoms with Crippen molar-refractivity contribution in [2.24, 2.45) is 0 Å². The van der Waals surface area contributed by atoms with Gasteiger partial charge in [0.25, 0.3) is 5.91 Å². The fraction of sp³-hybridized carbons (Fsp3) is 0.647. The van der Waals surface area contributed by atoms with Gasteiger partial charge in [-0.3, -0.25) is 9.78 Å². The van der Waals surface area contributed by atoms with E-state index >= 15 is 0 Å². The van der Waals surface area contributed by atoms with Gasteiger partial charge >= 0.3 is 0 Å². The molecule has 1 saturated carbocycles. The Morgan fingerprint density at radius 3 is 2.48 bits per heavy atom. The standard InChI is InChI=1S/C17H24N2O3S/c1-13(2)15-5-4-14(12-18-15)16(20)19-9-8-17(6-3-7-17)23(21,22)11-10-19/h4-5,12-13H,3,6-11H2,1-2H3. The van der Waals surface area contributed by atoms with Crippen LogP contribution >= 0.6 is 0 Å². The minimum Gasteiger partial charge on any atom is -0.338 e. The second-order valence-corrected chi connectivity index (χ2v) is 9.53. The number of hydrogen-bond donors (Lipinski definition) is 0. The molecule has 1 aliphatic carbocycles. The lowest BCUT2D eigenvalue weighted by Crippen LogP contribution is -2.46. The van der Waals surface area contributed by atoms with Gasteiger partial charge in [0.1, 0.15) is 0 Å². The molecule has 5 nitrogen and oxygen atoms in total. The summed E-state index contributed by atoms with van der Waals surface area (Å²) in [6, 6.07) is 3.67. The third-order valence-corrected chi connectivity index (χ3v) is 7.96. The summed E-state index contributed by atoms with van der Waals surface area (Å²) in [4.78, 5) is 18.7. The number of aromatic nitrogens is 1. The minimum absolute atomic E-state index is 0.0796. The highest BCUT2D eigenvalue weighted by molar-refractivity contribution is 7.92. The molecule has 0 N–H and O–H groups in total. The Hall–Kier alpha value is -1.43. The van der Waals surface area contributed by atoms with E-state index in [9.17, 15) is 13.2 Å². The Bertz CT molecular complexity index is 691.